The summed E-state index contributed by atoms with van der Waals surface area (Å²) in [6.45, 7) is 6.72. The number of hydrogen-bond donors (Lipinski definition) is 2. The van der Waals surface area contributed by atoms with Crippen molar-refractivity contribution in [2.45, 2.75) is 70.6 Å². The molecule has 0 bridgehead atoms. The second-order valence-corrected chi connectivity index (χ2v) is 7.42. The largest absolute Gasteiger partial charge is 0.733 e. The van der Waals surface area contributed by atoms with Gasteiger partial charge in [0.2, 0.25) is 0 Å². The highest BCUT2D eigenvalue weighted by molar-refractivity contribution is 5.68. The second-order valence-electron chi connectivity index (χ2n) is 7.42. The predicted octanol–water partition coefficient (Wildman–Crippen LogP) is 2.58. The summed E-state index contributed by atoms with van der Waals surface area (Å²) in [4.78, 5) is 12.0. The highest BCUT2D eigenvalue weighted by atomic mass is 19.1. The van der Waals surface area contributed by atoms with Crippen molar-refractivity contribution >= 4 is 11.8 Å². The van der Waals surface area contributed by atoms with Gasteiger partial charge in [-0.1, -0.05) is 0 Å². The van der Waals surface area contributed by atoms with Gasteiger partial charge in [-0.2, -0.15) is 5.10 Å². The molecule has 0 radical (unpaired) electrons. The van der Waals surface area contributed by atoms with E-state index in [2.05, 4.69) is 10.4 Å². The fourth-order valence-electron chi connectivity index (χ4n) is 2.99. The van der Waals surface area contributed by atoms with E-state index >= 15 is 0 Å². The fourth-order valence-corrected chi connectivity index (χ4v) is 2.99. The number of rotatable bonds is 3. The Labute approximate surface area is 151 Å². The van der Waals surface area contributed by atoms with Crippen molar-refractivity contribution in [1.82, 2.24) is 15.1 Å². The normalized spacial score (nSPS) is 26.9. The lowest BCUT2D eigenvalue weighted by atomic mass is 10.0. The van der Waals surface area contributed by atoms with Gasteiger partial charge in [-0.3, -0.25) is 9.89 Å². The summed E-state index contributed by atoms with van der Waals surface area (Å²) in [6.07, 6.45) is -1.84. The highest BCUT2D eigenvalue weighted by Gasteiger charge is 2.37. The molecule has 9 nitrogen and oxygen atoms in total. The predicted molar refractivity (Wildman–Crippen MR) is 91.4 cm³/mol. The van der Waals surface area contributed by atoms with Crippen LogP contribution in [0.25, 0.3) is 0 Å². The van der Waals surface area contributed by atoms with Gasteiger partial charge in [0.1, 0.15) is 17.9 Å². The number of aromatic nitrogens is 2. The van der Waals surface area contributed by atoms with Crippen molar-refractivity contribution in [3.05, 3.63) is 17.1 Å². The smallest absolute Gasteiger partial charge is 0.407 e. The summed E-state index contributed by atoms with van der Waals surface area (Å²) >= 11 is 0. The van der Waals surface area contributed by atoms with E-state index in [-0.39, 0.29) is 17.3 Å². The summed E-state index contributed by atoms with van der Waals surface area (Å²) in [6, 6.07) is -0.793. The lowest BCUT2D eigenvalue weighted by Crippen LogP contribution is -2.46. The standard InChI is InChI=1S/C16H26FN4O5/c1-9-13(17)10(19-15(22)26-16(2,3)4)6-7-12(25-9)14-11(21(23)24)8-18-20(14)5/h8-10,12-13,23H,6-7H2,1-5H3,(H,19,22)/q-1/t9-,10+,12-,13+/m0/s1. The molecule has 1 fully saturated rings. The first kappa shape index (κ1) is 20.4. The molecule has 0 unspecified atom stereocenters. The Kier molecular flexibility index (Phi) is 6.09. The summed E-state index contributed by atoms with van der Waals surface area (Å²) < 4.78 is 27.1. The molecule has 1 aromatic heterocycles. The van der Waals surface area contributed by atoms with Crippen molar-refractivity contribution in [1.29, 1.82) is 0 Å². The minimum absolute atomic E-state index is 0.0568. The van der Waals surface area contributed by atoms with Crippen LogP contribution in [-0.2, 0) is 16.5 Å². The molecule has 1 aliphatic rings. The number of carbonyl (C=O) groups is 1. The number of alkyl halides is 1. The molecule has 4 atom stereocenters. The summed E-state index contributed by atoms with van der Waals surface area (Å²) in [5.41, 5.74) is -0.397. The first-order chi connectivity index (χ1) is 12.0. The van der Waals surface area contributed by atoms with Crippen LogP contribution in [-0.4, -0.2) is 45.0 Å². The van der Waals surface area contributed by atoms with E-state index in [4.69, 9.17) is 9.47 Å². The third kappa shape index (κ3) is 4.83. The quantitative estimate of drug-likeness (QED) is 0.783. The van der Waals surface area contributed by atoms with Crippen molar-refractivity contribution in [3.63, 3.8) is 0 Å². The van der Waals surface area contributed by atoms with Crippen LogP contribution < -0.4 is 10.5 Å². The van der Waals surface area contributed by atoms with Crippen LogP contribution in [0, 0.1) is 5.21 Å². The number of alkyl carbamates (subject to hydrolysis) is 1. The number of halogens is 1. The highest BCUT2D eigenvalue weighted by Crippen LogP contribution is 2.35. The molecule has 0 aliphatic carbocycles. The zero-order valence-electron chi connectivity index (χ0n) is 15.6. The molecule has 2 rings (SSSR count). The van der Waals surface area contributed by atoms with Crippen molar-refractivity contribution in [2.24, 2.45) is 7.05 Å². The van der Waals surface area contributed by atoms with E-state index in [1.54, 1.807) is 34.7 Å². The zero-order valence-corrected chi connectivity index (χ0v) is 15.6. The average Bonchev–Trinajstić information content (AvgIpc) is 2.83. The molecule has 26 heavy (non-hydrogen) atoms. The minimum atomic E-state index is -1.46. The first-order valence-corrected chi connectivity index (χ1v) is 8.46. The molecule has 0 aromatic carbocycles. The average molecular weight is 373 g/mol. The topological polar surface area (TPSA) is 112 Å². The number of amides is 1. The fraction of sp³-hybridized carbons (Fsp3) is 0.750. The van der Waals surface area contributed by atoms with Gasteiger partial charge in [-0.05, 0) is 40.5 Å². The number of aryl methyl sites for hydroxylation is 1. The molecule has 10 heteroatoms. The van der Waals surface area contributed by atoms with Crippen molar-refractivity contribution < 1.29 is 23.9 Å². The second kappa shape index (κ2) is 7.77. The molecule has 1 saturated heterocycles. The molecule has 1 amide bonds. The Morgan fingerprint density at radius 3 is 2.77 bits per heavy atom. The number of carbonyl (C=O) groups excluding carboxylic acids is 1. The van der Waals surface area contributed by atoms with E-state index in [0.29, 0.717) is 12.1 Å². The van der Waals surface area contributed by atoms with Gasteiger partial charge < -0.3 is 25.2 Å². The van der Waals surface area contributed by atoms with E-state index in [1.165, 1.54) is 10.9 Å². The maximum atomic E-state index is 14.7. The lowest BCUT2D eigenvalue weighted by Gasteiger charge is -2.27. The SMILES string of the molecule is C[C@@H]1O[C@H](c2c(N([O-])O)cnn2C)CC[C@@H](NC(=O)OC(C)(C)C)[C@@H]1F. The van der Waals surface area contributed by atoms with E-state index in [9.17, 15) is 19.6 Å². The van der Waals surface area contributed by atoms with Crippen LogP contribution in [0.3, 0.4) is 0 Å². The van der Waals surface area contributed by atoms with Crippen LogP contribution in [0.15, 0.2) is 6.20 Å². The zero-order chi connectivity index (χ0) is 19.6. The third-order valence-corrected chi connectivity index (χ3v) is 4.13. The molecular weight excluding hydrogens is 347 g/mol. The monoisotopic (exact) mass is 373 g/mol. The van der Waals surface area contributed by atoms with Crippen LogP contribution >= 0.6 is 0 Å². The maximum Gasteiger partial charge on any atom is 0.407 e. The van der Waals surface area contributed by atoms with Gasteiger partial charge in [-0.25, -0.2) is 9.18 Å². The Morgan fingerprint density at radius 1 is 1.54 bits per heavy atom. The van der Waals surface area contributed by atoms with Gasteiger partial charge in [0.15, 0.2) is 0 Å². The number of ether oxygens (including phenoxy) is 2. The Balaban J connectivity index is 2.14. The molecule has 2 heterocycles. The number of nitrogens with zero attached hydrogens (tertiary/aromatic N) is 3. The summed E-state index contributed by atoms with van der Waals surface area (Å²) in [7, 11) is 1.60. The van der Waals surface area contributed by atoms with Crippen LogP contribution in [0.5, 0.6) is 0 Å². The molecular formula is C16H26FN4O5-. The maximum absolute atomic E-state index is 14.7. The molecule has 1 aliphatic heterocycles. The number of nitrogens with one attached hydrogen (secondary N) is 1. The summed E-state index contributed by atoms with van der Waals surface area (Å²) in [5, 5.41) is 26.8. The van der Waals surface area contributed by atoms with Crippen LogP contribution in [0.1, 0.15) is 52.3 Å². The Hall–Kier alpha value is -1.91. The van der Waals surface area contributed by atoms with Gasteiger partial charge in [0, 0.05) is 7.05 Å². The Bertz CT molecular complexity index is 631. The molecule has 1 aromatic rings. The lowest BCUT2D eigenvalue weighted by molar-refractivity contribution is -0.0387. The summed E-state index contributed by atoms with van der Waals surface area (Å²) in [5.74, 6) is 0. The van der Waals surface area contributed by atoms with Gasteiger partial charge in [0.25, 0.3) is 0 Å². The van der Waals surface area contributed by atoms with E-state index in [0.717, 1.165) is 0 Å². The molecule has 148 valence electrons. The molecule has 0 spiro atoms. The van der Waals surface area contributed by atoms with Gasteiger partial charge >= 0.3 is 6.09 Å². The van der Waals surface area contributed by atoms with Gasteiger partial charge in [-0.15, -0.1) is 0 Å². The van der Waals surface area contributed by atoms with Crippen molar-refractivity contribution in [3.8, 4) is 0 Å². The third-order valence-electron chi connectivity index (χ3n) is 4.13. The van der Waals surface area contributed by atoms with Crippen LogP contribution in [0.4, 0.5) is 14.9 Å². The Morgan fingerprint density at radius 2 is 2.19 bits per heavy atom. The minimum Gasteiger partial charge on any atom is -0.733 e. The first-order valence-electron chi connectivity index (χ1n) is 8.46. The van der Waals surface area contributed by atoms with Crippen LogP contribution in [0.2, 0.25) is 0 Å². The molecule has 0 saturated carbocycles. The van der Waals surface area contributed by atoms with E-state index in [1.807, 2.05) is 0 Å². The number of hydrogen-bond acceptors (Lipinski definition) is 7. The van der Waals surface area contributed by atoms with Gasteiger partial charge in [0.05, 0.1) is 29.7 Å². The number of anilines is 1. The van der Waals surface area contributed by atoms with E-state index < -0.39 is 36.1 Å². The van der Waals surface area contributed by atoms with Crippen molar-refractivity contribution in [2.75, 3.05) is 5.23 Å². The molecule has 2 N–H and O–H groups in total.